The molecule has 0 unspecified atom stereocenters. The molecule has 0 heterocycles. The van der Waals surface area contributed by atoms with Crippen molar-refractivity contribution in [3.05, 3.63) is 42.5 Å². The summed E-state index contributed by atoms with van der Waals surface area (Å²) in [5.74, 6) is 0.276. The van der Waals surface area contributed by atoms with Crippen molar-refractivity contribution in [3.8, 4) is 0 Å². The van der Waals surface area contributed by atoms with Crippen molar-refractivity contribution < 1.29 is 4.79 Å². The van der Waals surface area contributed by atoms with Gasteiger partial charge in [0.2, 0.25) is 5.91 Å². The Morgan fingerprint density at radius 2 is 1.85 bits per heavy atom. The Balaban J connectivity index is 2.08. The van der Waals surface area contributed by atoms with Crippen LogP contribution in [0.3, 0.4) is 0 Å². The van der Waals surface area contributed by atoms with Gasteiger partial charge in [0, 0.05) is 11.6 Å². The number of fused-ring (bicyclic) bond motifs is 1. The Morgan fingerprint density at radius 3 is 2.55 bits per heavy atom. The van der Waals surface area contributed by atoms with Crippen molar-refractivity contribution in [2.75, 3.05) is 5.32 Å². The Bertz CT molecular complexity index is 576. The Labute approximate surface area is 121 Å². The van der Waals surface area contributed by atoms with Crippen LogP contribution in [0.1, 0.15) is 39.5 Å². The van der Waals surface area contributed by atoms with Crippen LogP contribution in [0, 0.1) is 5.92 Å². The molecule has 0 saturated heterocycles. The zero-order valence-electron chi connectivity index (χ0n) is 12.4. The number of benzene rings is 2. The van der Waals surface area contributed by atoms with Crippen molar-refractivity contribution in [2.45, 2.75) is 39.5 Å². The van der Waals surface area contributed by atoms with E-state index in [4.69, 9.17) is 0 Å². The van der Waals surface area contributed by atoms with Crippen LogP contribution in [0.5, 0.6) is 0 Å². The fraction of sp³-hybridized carbons (Fsp3) is 0.389. The van der Waals surface area contributed by atoms with Gasteiger partial charge in [-0.25, -0.2) is 0 Å². The minimum Gasteiger partial charge on any atom is -0.326 e. The van der Waals surface area contributed by atoms with E-state index in [0.29, 0.717) is 0 Å². The van der Waals surface area contributed by atoms with Crippen LogP contribution in [-0.2, 0) is 4.79 Å². The molecule has 2 nitrogen and oxygen atoms in total. The van der Waals surface area contributed by atoms with Crippen molar-refractivity contribution in [1.82, 2.24) is 0 Å². The standard InChI is InChI=1S/C18H23NO/c1-3-5-8-14(4-2)18(20)19-17-12-11-15-9-6-7-10-16(15)13-17/h6-7,9-14H,3-5,8H2,1-2H3,(H,19,20)/t14-/m1/s1. The normalized spacial score (nSPS) is 12.3. The van der Waals surface area contributed by atoms with Crippen molar-refractivity contribution in [1.29, 1.82) is 0 Å². The highest BCUT2D eigenvalue weighted by Crippen LogP contribution is 2.21. The van der Waals surface area contributed by atoms with Crippen LogP contribution in [-0.4, -0.2) is 5.91 Å². The molecule has 0 aliphatic heterocycles. The summed E-state index contributed by atoms with van der Waals surface area (Å²) < 4.78 is 0. The lowest BCUT2D eigenvalue weighted by Crippen LogP contribution is -2.22. The second-order valence-electron chi connectivity index (χ2n) is 5.30. The van der Waals surface area contributed by atoms with Gasteiger partial charge >= 0.3 is 0 Å². The number of hydrogen-bond donors (Lipinski definition) is 1. The summed E-state index contributed by atoms with van der Waals surface area (Å²) in [7, 11) is 0. The molecule has 1 N–H and O–H groups in total. The van der Waals surface area contributed by atoms with Gasteiger partial charge in [-0.15, -0.1) is 0 Å². The number of carbonyl (C=O) groups is 1. The molecule has 0 saturated carbocycles. The highest BCUT2D eigenvalue weighted by atomic mass is 16.1. The maximum Gasteiger partial charge on any atom is 0.227 e. The molecule has 0 radical (unpaired) electrons. The third-order valence-electron chi connectivity index (χ3n) is 3.79. The van der Waals surface area contributed by atoms with Gasteiger partial charge < -0.3 is 5.32 Å². The molecule has 20 heavy (non-hydrogen) atoms. The highest BCUT2D eigenvalue weighted by Gasteiger charge is 2.15. The number of hydrogen-bond acceptors (Lipinski definition) is 1. The fourth-order valence-corrected chi connectivity index (χ4v) is 2.48. The smallest absolute Gasteiger partial charge is 0.227 e. The van der Waals surface area contributed by atoms with E-state index in [-0.39, 0.29) is 11.8 Å². The second kappa shape index (κ2) is 7.09. The molecule has 0 aliphatic rings. The van der Waals surface area contributed by atoms with E-state index in [2.05, 4.69) is 37.4 Å². The van der Waals surface area contributed by atoms with Gasteiger partial charge in [-0.3, -0.25) is 4.79 Å². The van der Waals surface area contributed by atoms with Gasteiger partial charge in [-0.1, -0.05) is 57.0 Å². The van der Waals surface area contributed by atoms with Gasteiger partial charge in [-0.2, -0.15) is 0 Å². The molecule has 106 valence electrons. The van der Waals surface area contributed by atoms with Gasteiger partial charge in [0.1, 0.15) is 0 Å². The first-order valence-corrected chi connectivity index (χ1v) is 7.54. The predicted molar refractivity (Wildman–Crippen MR) is 85.9 cm³/mol. The first-order valence-electron chi connectivity index (χ1n) is 7.54. The molecule has 1 amide bonds. The van der Waals surface area contributed by atoms with Crippen molar-refractivity contribution in [3.63, 3.8) is 0 Å². The van der Waals surface area contributed by atoms with Crippen LogP contribution in [0.2, 0.25) is 0 Å². The van der Waals surface area contributed by atoms with Gasteiger partial charge in [0.05, 0.1) is 0 Å². The SMILES string of the molecule is CCCC[C@@H](CC)C(=O)Nc1ccc2ccccc2c1. The van der Waals surface area contributed by atoms with E-state index < -0.39 is 0 Å². The van der Waals surface area contributed by atoms with Crippen LogP contribution in [0.25, 0.3) is 10.8 Å². The van der Waals surface area contributed by atoms with Crippen LogP contribution in [0.15, 0.2) is 42.5 Å². The van der Waals surface area contributed by atoms with Crippen LogP contribution in [0.4, 0.5) is 5.69 Å². The molecule has 1 atom stereocenters. The van der Waals surface area contributed by atoms with E-state index >= 15 is 0 Å². The second-order valence-corrected chi connectivity index (χ2v) is 5.30. The van der Waals surface area contributed by atoms with Crippen molar-refractivity contribution >= 4 is 22.4 Å². The van der Waals surface area contributed by atoms with E-state index in [9.17, 15) is 4.79 Å². The molecular formula is C18H23NO. The number of amides is 1. The zero-order chi connectivity index (χ0) is 14.4. The summed E-state index contributed by atoms with van der Waals surface area (Å²) in [5, 5.41) is 5.41. The molecule has 2 rings (SSSR count). The quantitative estimate of drug-likeness (QED) is 0.786. The summed E-state index contributed by atoms with van der Waals surface area (Å²) in [6.07, 6.45) is 4.13. The Kier molecular flexibility index (Phi) is 5.16. The van der Waals surface area contributed by atoms with Gasteiger partial charge in [-0.05, 0) is 35.7 Å². The Hall–Kier alpha value is -1.83. The first kappa shape index (κ1) is 14.6. The minimum absolute atomic E-state index is 0.126. The van der Waals surface area contributed by atoms with Crippen LogP contribution < -0.4 is 5.32 Å². The van der Waals surface area contributed by atoms with E-state index in [1.807, 2.05) is 24.3 Å². The fourth-order valence-electron chi connectivity index (χ4n) is 2.48. The maximum absolute atomic E-state index is 12.3. The minimum atomic E-state index is 0.126. The zero-order valence-corrected chi connectivity index (χ0v) is 12.4. The monoisotopic (exact) mass is 269 g/mol. The lowest BCUT2D eigenvalue weighted by molar-refractivity contribution is -0.120. The average molecular weight is 269 g/mol. The van der Waals surface area contributed by atoms with E-state index in [1.165, 1.54) is 5.39 Å². The van der Waals surface area contributed by atoms with Gasteiger partial charge in [0.25, 0.3) is 0 Å². The number of nitrogens with one attached hydrogen (secondary N) is 1. The number of anilines is 1. The molecule has 0 fully saturated rings. The summed E-state index contributed by atoms with van der Waals surface area (Å²) in [6, 6.07) is 14.3. The number of carbonyl (C=O) groups excluding carboxylic acids is 1. The molecule has 0 bridgehead atoms. The van der Waals surface area contributed by atoms with E-state index in [0.717, 1.165) is 36.8 Å². The molecule has 2 aromatic rings. The summed E-state index contributed by atoms with van der Waals surface area (Å²) in [4.78, 5) is 12.3. The third kappa shape index (κ3) is 3.60. The topological polar surface area (TPSA) is 29.1 Å². The predicted octanol–water partition coefficient (Wildman–Crippen LogP) is 4.99. The molecule has 0 aliphatic carbocycles. The third-order valence-corrected chi connectivity index (χ3v) is 3.79. The molecule has 2 heteroatoms. The molecule has 2 aromatic carbocycles. The van der Waals surface area contributed by atoms with Crippen LogP contribution >= 0.6 is 0 Å². The summed E-state index contributed by atoms with van der Waals surface area (Å²) >= 11 is 0. The van der Waals surface area contributed by atoms with Gasteiger partial charge in [0.15, 0.2) is 0 Å². The van der Waals surface area contributed by atoms with E-state index in [1.54, 1.807) is 0 Å². The number of unbranched alkanes of at least 4 members (excludes halogenated alkanes) is 1. The first-order chi connectivity index (χ1) is 9.74. The summed E-state index contributed by atoms with van der Waals surface area (Å²) in [6.45, 7) is 4.24. The van der Waals surface area contributed by atoms with Crippen molar-refractivity contribution in [2.24, 2.45) is 5.92 Å². The summed E-state index contributed by atoms with van der Waals surface area (Å²) in [5.41, 5.74) is 0.892. The average Bonchev–Trinajstić information content (AvgIpc) is 2.48. The largest absolute Gasteiger partial charge is 0.326 e. The highest BCUT2D eigenvalue weighted by molar-refractivity contribution is 5.95. The maximum atomic E-state index is 12.3. The molecule has 0 aromatic heterocycles. The number of rotatable bonds is 6. The Morgan fingerprint density at radius 1 is 1.10 bits per heavy atom. The lowest BCUT2D eigenvalue weighted by Gasteiger charge is -2.15. The molecule has 0 spiro atoms. The molecular weight excluding hydrogens is 246 g/mol. The lowest BCUT2D eigenvalue weighted by atomic mass is 9.98.